The number of nitrogens with zero attached hydrogens (tertiary/aromatic N) is 4. The normalized spacial score (nSPS) is 10.7. The van der Waals surface area contributed by atoms with Crippen LogP contribution in [0, 0.1) is 10.1 Å². The van der Waals surface area contributed by atoms with Crippen molar-refractivity contribution in [2.24, 2.45) is 0 Å². The molecule has 1 aromatic carbocycles. The molecule has 0 spiro atoms. The van der Waals surface area contributed by atoms with Gasteiger partial charge < -0.3 is 0 Å². The lowest BCUT2D eigenvalue weighted by Crippen LogP contribution is -1.98. The Hall–Kier alpha value is -2.60. The zero-order valence-corrected chi connectivity index (χ0v) is 10.8. The number of halogens is 1. The third kappa shape index (κ3) is 2.06. The number of hydrogen-bond acceptors (Lipinski definition) is 5. The number of fused-ring (bicyclic) bond motifs is 1. The van der Waals surface area contributed by atoms with Crippen LogP contribution in [0.15, 0.2) is 42.9 Å². The summed E-state index contributed by atoms with van der Waals surface area (Å²) < 4.78 is 0. The average Bonchev–Trinajstić information content (AvgIpc) is 2.46. The van der Waals surface area contributed by atoms with Gasteiger partial charge in [-0.3, -0.25) is 15.1 Å². The van der Waals surface area contributed by atoms with Crippen LogP contribution in [-0.4, -0.2) is 19.9 Å². The molecule has 2 aromatic heterocycles. The fourth-order valence-corrected chi connectivity index (χ4v) is 2.12. The maximum Gasteiger partial charge on any atom is 0.313 e. The molecule has 0 aliphatic rings. The highest BCUT2D eigenvalue weighted by atomic mass is 35.5. The van der Waals surface area contributed by atoms with E-state index in [9.17, 15) is 10.1 Å². The highest BCUT2D eigenvalue weighted by molar-refractivity contribution is 6.28. The minimum Gasteiger partial charge on any atom is -0.263 e. The summed E-state index contributed by atoms with van der Waals surface area (Å²) >= 11 is 5.76. The van der Waals surface area contributed by atoms with E-state index in [0.717, 1.165) is 17.0 Å². The molecule has 7 heteroatoms. The number of benzene rings is 1. The highest BCUT2D eigenvalue weighted by Gasteiger charge is 2.20. The molecule has 0 unspecified atom stereocenters. The van der Waals surface area contributed by atoms with Crippen LogP contribution in [0.25, 0.3) is 22.0 Å². The minimum atomic E-state index is -0.534. The Morgan fingerprint density at radius 2 is 1.95 bits per heavy atom. The second-order valence-corrected chi connectivity index (χ2v) is 4.38. The van der Waals surface area contributed by atoms with Crippen LogP contribution in [0.5, 0.6) is 0 Å². The standard InChI is InChI=1S/C13H7ClN4O2/c14-13-16-7-11(18(19)20)12(17-13)10-6-15-5-8-3-1-2-4-9(8)10/h1-7H. The van der Waals surface area contributed by atoms with Gasteiger partial charge in [0.15, 0.2) is 5.69 Å². The molecular formula is C13H7ClN4O2. The Kier molecular flexibility index (Phi) is 3.00. The van der Waals surface area contributed by atoms with Gasteiger partial charge in [-0.1, -0.05) is 24.3 Å². The fourth-order valence-electron chi connectivity index (χ4n) is 1.99. The molecule has 6 nitrogen and oxygen atoms in total. The molecule has 0 bridgehead atoms. The summed E-state index contributed by atoms with van der Waals surface area (Å²) in [5.41, 5.74) is 0.519. The van der Waals surface area contributed by atoms with E-state index < -0.39 is 4.92 Å². The van der Waals surface area contributed by atoms with Crippen molar-refractivity contribution in [1.82, 2.24) is 15.0 Å². The molecule has 0 saturated carbocycles. The fraction of sp³-hybridized carbons (Fsp3) is 0. The van der Waals surface area contributed by atoms with Gasteiger partial charge in [0, 0.05) is 23.3 Å². The van der Waals surface area contributed by atoms with Crippen molar-refractivity contribution in [3.8, 4) is 11.3 Å². The molecule has 2 heterocycles. The molecule has 0 fully saturated rings. The molecule has 0 aliphatic carbocycles. The first-order chi connectivity index (χ1) is 9.66. The molecule has 0 amide bonds. The zero-order valence-electron chi connectivity index (χ0n) is 10.0. The van der Waals surface area contributed by atoms with Crippen LogP contribution in [0.2, 0.25) is 5.28 Å². The van der Waals surface area contributed by atoms with Crippen molar-refractivity contribution in [3.05, 3.63) is 58.3 Å². The van der Waals surface area contributed by atoms with Gasteiger partial charge in [0.05, 0.1) is 4.92 Å². The highest BCUT2D eigenvalue weighted by Crippen LogP contribution is 2.32. The molecule has 3 rings (SSSR count). The second-order valence-electron chi connectivity index (χ2n) is 4.04. The predicted molar refractivity (Wildman–Crippen MR) is 74.4 cm³/mol. The van der Waals surface area contributed by atoms with E-state index in [1.54, 1.807) is 6.20 Å². The van der Waals surface area contributed by atoms with Crippen molar-refractivity contribution < 1.29 is 4.92 Å². The third-order valence-electron chi connectivity index (χ3n) is 2.86. The first-order valence-electron chi connectivity index (χ1n) is 5.67. The van der Waals surface area contributed by atoms with E-state index in [0.29, 0.717) is 5.56 Å². The summed E-state index contributed by atoms with van der Waals surface area (Å²) in [7, 11) is 0. The Morgan fingerprint density at radius 1 is 1.15 bits per heavy atom. The lowest BCUT2D eigenvalue weighted by Gasteiger charge is -2.06. The maximum absolute atomic E-state index is 11.1. The van der Waals surface area contributed by atoms with Gasteiger partial charge in [-0.25, -0.2) is 9.97 Å². The number of aromatic nitrogens is 3. The number of hydrogen-bond donors (Lipinski definition) is 0. The van der Waals surface area contributed by atoms with Gasteiger partial charge in [0.25, 0.3) is 0 Å². The summed E-state index contributed by atoms with van der Waals surface area (Å²) in [6.07, 6.45) is 4.33. The molecule has 0 atom stereocenters. The maximum atomic E-state index is 11.1. The van der Waals surface area contributed by atoms with Gasteiger partial charge in [0.1, 0.15) is 6.20 Å². The van der Waals surface area contributed by atoms with E-state index in [4.69, 9.17) is 11.6 Å². The van der Waals surface area contributed by atoms with Crippen LogP contribution >= 0.6 is 11.6 Å². The first-order valence-corrected chi connectivity index (χ1v) is 6.04. The molecule has 20 heavy (non-hydrogen) atoms. The van der Waals surface area contributed by atoms with Crippen molar-refractivity contribution in [3.63, 3.8) is 0 Å². The van der Waals surface area contributed by atoms with Gasteiger partial charge in [-0.15, -0.1) is 0 Å². The predicted octanol–water partition coefficient (Wildman–Crippen LogP) is 3.25. The number of nitro groups is 1. The van der Waals surface area contributed by atoms with Gasteiger partial charge in [0.2, 0.25) is 5.28 Å². The molecule has 0 aliphatic heterocycles. The smallest absolute Gasteiger partial charge is 0.263 e. The van der Waals surface area contributed by atoms with Crippen molar-refractivity contribution >= 4 is 28.1 Å². The van der Waals surface area contributed by atoms with Crippen molar-refractivity contribution in [2.75, 3.05) is 0 Å². The molecular weight excluding hydrogens is 280 g/mol. The topological polar surface area (TPSA) is 81.8 Å². The summed E-state index contributed by atoms with van der Waals surface area (Å²) in [6, 6.07) is 7.45. The van der Waals surface area contributed by atoms with Gasteiger partial charge in [-0.2, -0.15) is 0 Å². The Labute approximate surface area is 118 Å². The summed E-state index contributed by atoms with van der Waals surface area (Å²) in [4.78, 5) is 22.3. The summed E-state index contributed by atoms with van der Waals surface area (Å²) in [5.74, 6) is 0. The Balaban J connectivity index is 2.36. The van der Waals surface area contributed by atoms with Crippen LogP contribution in [0.1, 0.15) is 0 Å². The first kappa shape index (κ1) is 12.4. The van der Waals surface area contributed by atoms with Crippen LogP contribution in [0.3, 0.4) is 0 Å². The molecule has 3 aromatic rings. The zero-order chi connectivity index (χ0) is 14.1. The summed E-state index contributed by atoms with van der Waals surface area (Å²) in [5, 5.41) is 12.8. The molecule has 0 radical (unpaired) electrons. The lowest BCUT2D eigenvalue weighted by molar-refractivity contribution is -0.384. The van der Waals surface area contributed by atoms with E-state index in [1.165, 1.54) is 6.20 Å². The largest absolute Gasteiger partial charge is 0.313 e. The Bertz CT molecular complexity index is 817. The van der Waals surface area contributed by atoms with Gasteiger partial charge in [-0.05, 0) is 17.0 Å². The number of rotatable bonds is 2. The van der Waals surface area contributed by atoms with Crippen LogP contribution < -0.4 is 0 Å². The monoisotopic (exact) mass is 286 g/mol. The van der Waals surface area contributed by atoms with E-state index in [2.05, 4.69) is 15.0 Å². The number of pyridine rings is 1. The van der Waals surface area contributed by atoms with Crippen molar-refractivity contribution in [2.45, 2.75) is 0 Å². The van der Waals surface area contributed by atoms with E-state index in [1.807, 2.05) is 24.3 Å². The second kappa shape index (κ2) is 4.82. The van der Waals surface area contributed by atoms with Crippen molar-refractivity contribution in [1.29, 1.82) is 0 Å². The lowest BCUT2D eigenvalue weighted by atomic mass is 10.0. The molecule has 0 saturated heterocycles. The molecule has 98 valence electrons. The van der Waals surface area contributed by atoms with Crippen LogP contribution in [-0.2, 0) is 0 Å². The minimum absolute atomic E-state index is 0.0430. The average molecular weight is 287 g/mol. The van der Waals surface area contributed by atoms with Gasteiger partial charge >= 0.3 is 5.69 Å². The Morgan fingerprint density at radius 3 is 2.75 bits per heavy atom. The quantitative estimate of drug-likeness (QED) is 0.410. The third-order valence-corrected chi connectivity index (χ3v) is 3.04. The molecule has 0 N–H and O–H groups in total. The SMILES string of the molecule is O=[N+]([O-])c1cnc(Cl)nc1-c1cncc2ccccc12. The van der Waals surface area contributed by atoms with E-state index >= 15 is 0 Å². The van der Waals surface area contributed by atoms with Crippen LogP contribution in [0.4, 0.5) is 5.69 Å². The van der Waals surface area contributed by atoms with E-state index in [-0.39, 0.29) is 16.7 Å². The summed E-state index contributed by atoms with van der Waals surface area (Å²) in [6.45, 7) is 0.